The molecule has 0 amide bonds. The normalized spacial score (nSPS) is 11.3. The molecule has 2 aromatic rings. The van der Waals surface area contributed by atoms with Gasteiger partial charge in [0, 0.05) is 25.0 Å². The molecule has 0 saturated heterocycles. The third kappa shape index (κ3) is 4.26. The van der Waals surface area contributed by atoms with Crippen molar-refractivity contribution in [3.8, 4) is 5.75 Å². The number of pyridine rings is 1. The Bertz CT molecular complexity index is 705. The summed E-state index contributed by atoms with van der Waals surface area (Å²) >= 11 is 3.33. The van der Waals surface area contributed by atoms with Crippen molar-refractivity contribution in [3.05, 3.63) is 52.8 Å². The quantitative estimate of drug-likeness (QED) is 0.848. The van der Waals surface area contributed by atoms with Gasteiger partial charge < -0.3 is 4.74 Å². The van der Waals surface area contributed by atoms with Crippen LogP contribution in [0.2, 0.25) is 0 Å². The molecule has 0 bridgehead atoms. The summed E-state index contributed by atoms with van der Waals surface area (Å²) in [5.41, 5.74) is 0.843. The summed E-state index contributed by atoms with van der Waals surface area (Å²) in [5, 5.41) is 0. The lowest BCUT2D eigenvalue weighted by Crippen LogP contribution is -2.23. The van der Waals surface area contributed by atoms with Gasteiger partial charge in [0.2, 0.25) is 10.0 Å². The molecule has 0 fully saturated rings. The lowest BCUT2D eigenvalue weighted by Gasteiger charge is -2.10. The highest BCUT2D eigenvalue weighted by Crippen LogP contribution is 2.27. The molecule has 0 aliphatic rings. The molecule has 1 heterocycles. The van der Waals surface area contributed by atoms with Crippen LogP contribution in [0.15, 0.2) is 52.1 Å². The third-order valence-corrected chi connectivity index (χ3v) is 4.78. The average Bonchev–Trinajstić information content (AvgIpc) is 2.49. The summed E-state index contributed by atoms with van der Waals surface area (Å²) in [5.74, 6) is 0.504. The van der Waals surface area contributed by atoms with Gasteiger partial charge in [-0.1, -0.05) is 0 Å². The van der Waals surface area contributed by atoms with Crippen LogP contribution >= 0.6 is 15.9 Å². The number of rotatable bonds is 6. The molecule has 21 heavy (non-hydrogen) atoms. The van der Waals surface area contributed by atoms with Crippen LogP contribution in [0.3, 0.4) is 0 Å². The Morgan fingerprint density at radius 3 is 2.62 bits per heavy atom. The number of nitrogens with zero attached hydrogens (tertiary/aromatic N) is 1. The SMILES string of the molecule is CCOc1cc(S(=O)(=O)NCc2ccncc2)ccc1Br. The Morgan fingerprint density at radius 1 is 1.24 bits per heavy atom. The summed E-state index contributed by atoms with van der Waals surface area (Å²) < 4.78 is 33.2. The van der Waals surface area contributed by atoms with E-state index < -0.39 is 10.0 Å². The Labute approximate surface area is 132 Å². The maximum atomic E-state index is 12.3. The molecule has 1 aromatic heterocycles. The van der Waals surface area contributed by atoms with E-state index in [9.17, 15) is 8.42 Å². The predicted octanol–water partition coefficient (Wildman–Crippen LogP) is 2.72. The molecule has 0 atom stereocenters. The van der Waals surface area contributed by atoms with Gasteiger partial charge >= 0.3 is 0 Å². The zero-order valence-electron chi connectivity index (χ0n) is 11.4. The molecule has 1 N–H and O–H groups in total. The first-order chi connectivity index (χ1) is 10.0. The molecule has 0 radical (unpaired) electrons. The molecule has 0 aliphatic carbocycles. The van der Waals surface area contributed by atoms with Crippen molar-refractivity contribution in [1.29, 1.82) is 0 Å². The van der Waals surface area contributed by atoms with Crippen LogP contribution in [0.25, 0.3) is 0 Å². The molecule has 2 rings (SSSR count). The molecule has 5 nitrogen and oxygen atoms in total. The van der Waals surface area contributed by atoms with Crippen LogP contribution in [0, 0.1) is 0 Å². The molecule has 0 saturated carbocycles. The van der Waals surface area contributed by atoms with Crippen molar-refractivity contribution in [3.63, 3.8) is 0 Å². The fourth-order valence-electron chi connectivity index (χ4n) is 1.68. The summed E-state index contributed by atoms with van der Waals surface area (Å²) in [4.78, 5) is 4.06. The first-order valence-corrected chi connectivity index (χ1v) is 8.61. The van der Waals surface area contributed by atoms with Crippen LogP contribution in [-0.4, -0.2) is 20.0 Å². The minimum absolute atomic E-state index is 0.170. The van der Waals surface area contributed by atoms with Crippen LogP contribution < -0.4 is 9.46 Å². The Hall–Kier alpha value is -1.44. The Balaban J connectivity index is 2.17. The number of ether oxygens (including phenoxy) is 1. The second kappa shape index (κ2) is 7.02. The van der Waals surface area contributed by atoms with Crippen molar-refractivity contribution in [2.45, 2.75) is 18.4 Å². The van der Waals surface area contributed by atoms with Gasteiger partial charge in [0.1, 0.15) is 5.75 Å². The minimum atomic E-state index is -3.59. The van der Waals surface area contributed by atoms with Crippen molar-refractivity contribution in [2.75, 3.05) is 6.61 Å². The molecular formula is C14H15BrN2O3S. The van der Waals surface area contributed by atoms with Gasteiger partial charge in [-0.05, 0) is 52.7 Å². The lowest BCUT2D eigenvalue weighted by molar-refractivity contribution is 0.337. The standard InChI is InChI=1S/C14H15BrN2O3S/c1-2-20-14-9-12(3-4-13(14)15)21(18,19)17-10-11-5-7-16-8-6-11/h3-9,17H,2,10H2,1H3. The van der Waals surface area contributed by atoms with Gasteiger partial charge in [0.25, 0.3) is 0 Å². The van der Waals surface area contributed by atoms with Gasteiger partial charge in [0.15, 0.2) is 0 Å². The van der Waals surface area contributed by atoms with Crippen LogP contribution in [-0.2, 0) is 16.6 Å². The molecule has 7 heteroatoms. The van der Waals surface area contributed by atoms with E-state index in [1.807, 2.05) is 6.92 Å². The third-order valence-electron chi connectivity index (χ3n) is 2.73. The van der Waals surface area contributed by atoms with E-state index in [1.54, 1.807) is 30.6 Å². The average molecular weight is 371 g/mol. The van der Waals surface area contributed by atoms with Crippen molar-refractivity contribution < 1.29 is 13.2 Å². The topological polar surface area (TPSA) is 68.3 Å². The van der Waals surface area contributed by atoms with Gasteiger partial charge in [0.05, 0.1) is 16.0 Å². The lowest BCUT2D eigenvalue weighted by atomic mass is 10.3. The van der Waals surface area contributed by atoms with Gasteiger partial charge in [-0.25, -0.2) is 13.1 Å². The van der Waals surface area contributed by atoms with Gasteiger partial charge in [-0.2, -0.15) is 0 Å². The second-order valence-corrected chi connectivity index (χ2v) is 6.83. The van der Waals surface area contributed by atoms with E-state index in [1.165, 1.54) is 12.1 Å². The summed E-state index contributed by atoms with van der Waals surface area (Å²) in [6.45, 7) is 2.52. The number of sulfonamides is 1. The molecule has 0 spiro atoms. The van der Waals surface area contributed by atoms with Crippen LogP contribution in [0.1, 0.15) is 12.5 Å². The smallest absolute Gasteiger partial charge is 0.241 e. The number of hydrogen-bond donors (Lipinski definition) is 1. The fraction of sp³-hybridized carbons (Fsp3) is 0.214. The maximum absolute atomic E-state index is 12.3. The van der Waals surface area contributed by atoms with E-state index in [-0.39, 0.29) is 11.4 Å². The molecule has 1 aromatic carbocycles. The number of aromatic nitrogens is 1. The highest BCUT2D eigenvalue weighted by atomic mass is 79.9. The number of benzene rings is 1. The molecule has 112 valence electrons. The highest BCUT2D eigenvalue weighted by molar-refractivity contribution is 9.10. The molecular weight excluding hydrogens is 356 g/mol. The number of halogens is 1. The largest absolute Gasteiger partial charge is 0.493 e. The van der Waals surface area contributed by atoms with E-state index >= 15 is 0 Å². The summed E-state index contributed by atoms with van der Waals surface area (Å²) in [6.07, 6.45) is 3.24. The van der Waals surface area contributed by atoms with Crippen molar-refractivity contribution >= 4 is 26.0 Å². The predicted molar refractivity (Wildman–Crippen MR) is 83.6 cm³/mol. The summed E-state index contributed by atoms with van der Waals surface area (Å²) in [6, 6.07) is 8.21. The monoisotopic (exact) mass is 370 g/mol. The zero-order chi connectivity index (χ0) is 15.3. The van der Waals surface area contributed by atoms with Crippen molar-refractivity contribution in [1.82, 2.24) is 9.71 Å². The second-order valence-electron chi connectivity index (χ2n) is 4.21. The zero-order valence-corrected chi connectivity index (χ0v) is 13.8. The van der Waals surface area contributed by atoms with Crippen LogP contribution in [0.4, 0.5) is 0 Å². The van der Waals surface area contributed by atoms with E-state index in [0.29, 0.717) is 12.4 Å². The van der Waals surface area contributed by atoms with E-state index in [2.05, 4.69) is 25.6 Å². The Kier molecular flexibility index (Phi) is 5.33. The van der Waals surface area contributed by atoms with Gasteiger partial charge in [-0.3, -0.25) is 4.98 Å². The van der Waals surface area contributed by atoms with E-state index in [0.717, 1.165) is 10.0 Å². The summed E-state index contributed by atoms with van der Waals surface area (Å²) in [7, 11) is -3.59. The number of hydrogen-bond acceptors (Lipinski definition) is 4. The Morgan fingerprint density at radius 2 is 1.95 bits per heavy atom. The first-order valence-electron chi connectivity index (χ1n) is 6.34. The van der Waals surface area contributed by atoms with Gasteiger partial charge in [-0.15, -0.1) is 0 Å². The van der Waals surface area contributed by atoms with Crippen LogP contribution in [0.5, 0.6) is 5.75 Å². The highest BCUT2D eigenvalue weighted by Gasteiger charge is 2.16. The molecule has 0 unspecified atom stereocenters. The molecule has 0 aliphatic heterocycles. The maximum Gasteiger partial charge on any atom is 0.241 e. The fourth-order valence-corrected chi connectivity index (χ4v) is 3.07. The van der Waals surface area contributed by atoms with E-state index in [4.69, 9.17) is 4.74 Å². The first kappa shape index (κ1) is 15.9. The minimum Gasteiger partial charge on any atom is -0.493 e. The number of nitrogens with one attached hydrogen (secondary N) is 1. The van der Waals surface area contributed by atoms with Crippen molar-refractivity contribution in [2.24, 2.45) is 0 Å².